The number of benzene rings is 3. The number of hydrogen-bond acceptors (Lipinski definition) is 0. The van der Waals surface area contributed by atoms with Gasteiger partial charge in [-0.05, 0) is 17.0 Å². The lowest BCUT2D eigenvalue weighted by Crippen LogP contribution is -2.61. The molecule has 0 saturated heterocycles. The Hall–Kier alpha value is -2.83. The molecule has 0 atom stereocenters. The summed E-state index contributed by atoms with van der Waals surface area (Å²) in [5, 5.41) is -3.46. The molecule has 0 fully saturated rings. The Bertz CT molecular complexity index is 1440. The molecule has 0 spiro atoms. The highest BCUT2D eigenvalue weighted by molar-refractivity contribution is 7.68. The third-order valence-electron chi connectivity index (χ3n) is 6.19. The quantitative estimate of drug-likeness (QED) is 0.0953. The van der Waals surface area contributed by atoms with E-state index in [-0.39, 0.29) is 1.43 Å². The standard InChI is InChI=1S/C26H18BF14P/c1-25(2,3)42(26(4,5)6)24-22(40)14(32)9(15(33)23(24)41)27(7-10(28)16(34)20(38)17(35)11(7)29)8-12(30)18(36)21(39)19(37)13(8)31/h1-6H3/q-1/p+1. The summed E-state index contributed by atoms with van der Waals surface area (Å²) < 4.78 is 206. The first-order chi connectivity index (χ1) is 19.0. The lowest BCUT2D eigenvalue weighted by Gasteiger charge is -2.42. The van der Waals surface area contributed by atoms with Crippen molar-refractivity contribution in [2.45, 2.75) is 51.9 Å². The highest BCUT2D eigenvalue weighted by Crippen LogP contribution is 2.59. The van der Waals surface area contributed by atoms with Gasteiger partial charge in [0.1, 0.15) is 34.9 Å². The molecule has 0 saturated carbocycles. The Morgan fingerprint density at radius 3 is 0.762 bits per heavy atom. The number of halogens is 14. The fraction of sp³-hybridized carbons (Fsp3) is 0.308. The third-order valence-corrected chi connectivity index (χ3v) is 9.72. The van der Waals surface area contributed by atoms with Gasteiger partial charge in [0.05, 0.1) is 5.30 Å². The monoisotopic (exact) mass is 639 g/mol. The van der Waals surface area contributed by atoms with Gasteiger partial charge in [-0.3, -0.25) is 0 Å². The van der Waals surface area contributed by atoms with Crippen molar-refractivity contribution in [3.63, 3.8) is 0 Å². The van der Waals surface area contributed by atoms with E-state index in [9.17, 15) is 43.9 Å². The van der Waals surface area contributed by atoms with Gasteiger partial charge < -0.3 is 0 Å². The van der Waals surface area contributed by atoms with Crippen LogP contribution in [0.2, 0.25) is 0 Å². The smallest absolute Gasteiger partial charge is 0.207 e. The van der Waals surface area contributed by atoms with Crippen LogP contribution >= 0.6 is 7.92 Å². The fourth-order valence-electron chi connectivity index (χ4n) is 4.95. The van der Waals surface area contributed by atoms with Crippen molar-refractivity contribution in [1.82, 2.24) is 0 Å². The molecule has 0 unspecified atom stereocenters. The first kappa shape index (κ1) is 33.7. The predicted octanol–water partition coefficient (Wildman–Crippen LogP) is 6.97. The molecule has 3 aromatic rings. The van der Waals surface area contributed by atoms with Crippen LogP contribution in [0.4, 0.5) is 61.5 Å². The topological polar surface area (TPSA) is 0 Å². The minimum absolute atomic E-state index is 0. The van der Waals surface area contributed by atoms with Crippen molar-refractivity contribution < 1.29 is 62.9 Å². The lowest BCUT2D eigenvalue weighted by atomic mass is 9.36. The van der Waals surface area contributed by atoms with E-state index in [2.05, 4.69) is 0 Å². The second-order valence-corrected chi connectivity index (χ2v) is 14.9. The zero-order valence-corrected chi connectivity index (χ0v) is 23.2. The highest BCUT2D eigenvalue weighted by Gasteiger charge is 2.42. The molecule has 0 amide bonds. The molecule has 0 N–H and O–H groups in total. The van der Waals surface area contributed by atoms with Gasteiger partial charge in [0, 0.05) is 0 Å². The summed E-state index contributed by atoms with van der Waals surface area (Å²) in [4.78, 5) is 0. The zero-order chi connectivity index (χ0) is 32.5. The molecule has 16 heteroatoms. The van der Waals surface area contributed by atoms with Crippen LogP contribution in [0.15, 0.2) is 0 Å². The number of hydrogen-bond donors (Lipinski definition) is 0. The van der Waals surface area contributed by atoms with E-state index < -0.39 is 128 Å². The average Bonchev–Trinajstić information content (AvgIpc) is 2.88. The van der Waals surface area contributed by atoms with Crippen LogP contribution < -0.4 is 21.7 Å². The van der Waals surface area contributed by atoms with Gasteiger partial charge in [-0.25, -0.2) is 61.5 Å². The van der Waals surface area contributed by atoms with Crippen LogP contribution in [0.1, 0.15) is 43.0 Å². The summed E-state index contributed by atoms with van der Waals surface area (Å²) in [6.45, 7) is 4.83. The summed E-state index contributed by atoms with van der Waals surface area (Å²) in [7, 11) is -2.27. The predicted molar refractivity (Wildman–Crippen MR) is 131 cm³/mol. The Morgan fingerprint density at radius 1 is 0.357 bits per heavy atom. The number of rotatable bonds is 4. The van der Waals surface area contributed by atoms with E-state index in [1.807, 2.05) is 0 Å². The summed E-state index contributed by atoms with van der Waals surface area (Å²) >= 11 is 0. The Morgan fingerprint density at radius 2 is 0.548 bits per heavy atom. The minimum atomic E-state index is -3.83. The Labute approximate surface area is 233 Å². The van der Waals surface area contributed by atoms with Gasteiger partial charge in [-0.2, -0.15) is 16.4 Å². The maximum atomic E-state index is 15.8. The van der Waals surface area contributed by atoms with Crippen LogP contribution in [-0.4, -0.2) is 17.0 Å². The van der Waals surface area contributed by atoms with E-state index in [0.29, 0.717) is 0 Å². The summed E-state index contributed by atoms with van der Waals surface area (Å²) in [5.74, 6) is -39.2. The largest absolute Gasteiger partial charge is 1.00 e. The van der Waals surface area contributed by atoms with Crippen molar-refractivity contribution in [2.75, 3.05) is 0 Å². The maximum Gasteiger partial charge on any atom is 1.00 e. The molecule has 1 radical (unpaired) electrons. The SMILES string of the molecule is CC(C)(C)P(c1c(F)c(F)c([B-](c2c(F)c(F)c(F)c(F)c2F)c2c(F)c(F)c(F)c(F)c2F)c(F)c1F)C(C)(C)C.[H+]. The first-order valence-electron chi connectivity index (χ1n) is 11.7. The molecule has 0 aliphatic heterocycles. The first-order valence-corrected chi connectivity index (χ1v) is 13.0. The molecule has 3 aromatic carbocycles. The maximum absolute atomic E-state index is 15.8. The molecule has 0 nitrogen and oxygen atoms in total. The van der Waals surface area contributed by atoms with Crippen molar-refractivity contribution >= 4 is 36.3 Å². The second-order valence-electron chi connectivity index (χ2n) is 11.1. The fourth-order valence-corrected chi connectivity index (χ4v) is 8.89. The van der Waals surface area contributed by atoms with Crippen molar-refractivity contribution in [2.24, 2.45) is 0 Å². The van der Waals surface area contributed by atoms with Crippen LogP contribution in [-0.2, 0) is 0 Å². The molecule has 0 aliphatic rings. The molecular weight excluding hydrogens is 620 g/mol. The van der Waals surface area contributed by atoms with Crippen LogP contribution in [0, 0.1) is 81.4 Å². The molecule has 42 heavy (non-hydrogen) atoms. The summed E-state index contributed by atoms with van der Waals surface area (Å²) in [6, 6.07) is 0. The summed E-state index contributed by atoms with van der Waals surface area (Å²) in [5.41, 5.74) is -7.52. The molecule has 3 rings (SSSR count). The normalized spacial score (nSPS) is 12.7. The van der Waals surface area contributed by atoms with Gasteiger partial charge in [0.25, 0.3) is 0 Å². The van der Waals surface area contributed by atoms with Crippen molar-refractivity contribution in [1.29, 1.82) is 0 Å². The Kier molecular flexibility index (Phi) is 8.84. The van der Waals surface area contributed by atoms with Crippen molar-refractivity contribution in [3.8, 4) is 0 Å². The van der Waals surface area contributed by atoms with Crippen molar-refractivity contribution in [3.05, 3.63) is 81.4 Å². The van der Waals surface area contributed by atoms with Gasteiger partial charge in [0.2, 0.25) is 0 Å². The van der Waals surface area contributed by atoms with E-state index in [1.165, 1.54) is 41.5 Å². The molecule has 229 valence electrons. The van der Waals surface area contributed by atoms with Gasteiger partial charge in [-0.1, -0.05) is 49.5 Å². The molecule has 0 aliphatic carbocycles. The van der Waals surface area contributed by atoms with Crippen LogP contribution in [0.3, 0.4) is 0 Å². The molecule has 0 bridgehead atoms. The van der Waals surface area contributed by atoms with Gasteiger partial charge in [0.15, 0.2) is 46.5 Å². The molecular formula is C26H19BF14P. The third kappa shape index (κ3) is 5.15. The molecule has 0 aromatic heterocycles. The van der Waals surface area contributed by atoms with Crippen LogP contribution in [0.5, 0.6) is 0 Å². The summed E-state index contributed by atoms with van der Waals surface area (Å²) in [6.07, 6.45) is 0. The van der Waals surface area contributed by atoms with E-state index >= 15 is 17.6 Å². The van der Waals surface area contributed by atoms with Gasteiger partial charge >= 0.3 is 1.43 Å². The minimum Gasteiger partial charge on any atom is -0.207 e. The Balaban J connectivity index is 0.00000645. The van der Waals surface area contributed by atoms with E-state index in [1.54, 1.807) is 0 Å². The van der Waals surface area contributed by atoms with Crippen LogP contribution in [0.25, 0.3) is 0 Å². The zero-order valence-electron chi connectivity index (χ0n) is 23.3. The highest BCUT2D eigenvalue weighted by atomic mass is 31.1. The van der Waals surface area contributed by atoms with Gasteiger partial charge in [-0.15, -0.1) is 0 Å². The second kappa shape index (κ2) is 11.0. The average molecular weight is 639 g/mol. The molecule has 0 heterocycles. The van der Waals surface area contributed by atoms with E-state index in [0.717, 1.165) is 0 Å². The lowest BCUT2D eigenvalue weighted by molar-refractivity contribution is 0.382. The van der Waals surface area contributed by atoms with E-state index in [4.69, 9.17) is 0 Å².